The van der Waals surface area contributed by atoms with Crippen LogP contribution in [0.1, 0.15) is 20.7 Å². The molecule has 3 aromatic carbocycles. The molecule has 6 N–H and O–H groups in total. The molecule has 6 nitrogen and oxygen atoms in total. The molecule has 2 amide bonds. The molecule has 0 radical (unpaired) electrons. The molecule has 0 saturated carbocycles. The maximum Gasteiger partial charge on any atom is 0.265 e. The van der Waals surface area contributed by atoms with E-state index in [4.69, 9.17) is 11.7 Å². The van der Waals surface area contributed by atoms with Crippen molar-refractivity contribution in [3.63, 3.8) is 0 Å². The van der Waals surface area contributed by atoms with Gasteiger partial charge in [0.15, 0.2) is 0 Å². The lowest BCUT2D eigenvalue weighted by molar-refractivity contribution is 0.0945. The van der Waals surface area contributed by atoms with Gasteiger partial charge in [0.05, 0.1) is 0 Å². The van der Waals surface area contributed by atoms with Gasteiger partial charge in [-0.3, -0.25) is 20.4 Å². The van der Waals surface area contributed by atoms with E-state index in [1.165, 1.54) is 0 Å². The van der Waals surface area contributed by atoms with Crippen molar-refractivity contribution < 1.29 is 9.59 Å². The van der Waals surface area contributed by atoms with Crippen LogP contribution in [0, 0.1) is 0 Å². The van der Waals surface area contributed by atoms with E-state index in [1.807, 2.05) is 48.5 Å². The highest BCUT2D eigenvalue weighted by Crippen LogP contribution is 2.32. The fraction of sp³-hybridized carbons (Fsp3) is 0. The number of hydrogen-bond donors (Lipinski definition) is 4. The second-order valence-corrected chi connectivity index (χ2v) is 5.65. The number of benzene rings is 3. The summed E-state index contributed by atoms with van der Waals surface area (Å²) < 4.78 is 0. The zero-order valence-corrected chi connectivity index (χ0v) is 13.9. The van der Waals surface area contributed by atoms with Crippen LogP contribution in [0.25, 0.3) is 22.3 Å². The Morgan fingerprint density at radius 1 is 0.577 bits per heavy atom. The maximum atomic E-state index is 11.6. The average Bonchev–Trinajstić information content (AvgIpc) is 2.73. The van der Waals surface area contributed by atoms with Crippen molar-refractivity contribution in [3.8, 4) is 22.3 Å². The zero-order chi connectivity index (χ0) is 18.5. The second kappa shape index (κ2) is 7.60. The molecule has 0 heterocycles. The minimum absolute atomic E-state index is 0.335. The van der Waals surface area contributed by atoms with Gasteiger partial charge in [-0.05, 0) is 46.5 Å². The average molecular weight is 346 g/mol. The summed E-state index contributed by atoms with van der Waals surface area (Å²) in [4.78, 5) is 23.2. The summed E-state index contributed by atoms with van der Waals surface area (Å²) in [7, 11) is 0. The van der Waals surface area contributed by atoms with Crippen LogP contribution < -0.4 is 22.5 Å². The van der Waals surface area contributed by atoms with Crippen molar-refractivity contribution in [2.75, 3.05) is 0 Å². The molecular formula is C20H18N4O2. The summed E-state index contributed by atoms with van der Waals surface area (Å²) in [5, 5.41) is 0. The first-order valence-corrected chi connectivity index (χ1v) is 7.96. The minimum atomic E-state index is -0.335. The lowest BCUT2D eigenvalue weighted by Crippen LogP contribution is -2.29. The van der Waals surface area contributed by atoms with Gasteiger partial charge in [-0.25, -0.2) is 11.7 Å². The van der Waals surface area contributed by atoms with Crippen molar-refractivity contribution in [1.29, 1.82) is 0 Å². The van der Waals surface area contributed by atoms with Gasteiger partial charge in [0, 0.05) is 11.1 Å². The molecule has 0 aliphatic rings. The van der Waals surface area contributed by atoms with Crippen LogP contribution in [-0.2, 0) is 0 Å². The number of hydrazine groups is 2. The van der Waals surface area contributed by atoms with Crippen LogP contribution in [0.15, 0.2) is 72.8 Å². The van der Waals surface area contributed by atoms with Gasteiger partial charge < -0.3 is 0 Å². The van der Waals surface area contributed by atoms with Crippen molar-refractivity contribution in [3.05, 3.63) is 83.9 Å². The van der Waals surface area contributed by atoms with Crippen LogP contribution in [0.2, 0.25) is 0 Å². The summed E-state index contributed by atoms with van der Waals surface area (Å²) in [5.41, 5.74) is 9.19. The molecule has 0 atom stereocenters. The predicted molar refractivity (Wildman–Crippen MR) is 101 cm³/mol. The SMILES string of the molecule is NNC(=O)c1ccc(-c2ccccc2-c2ccc(C(=O)NN)cc2)cc1. The van der Waals surface area contributed by atoms with Crippen molar-refractivity contribution in [2.45, 2.75) is 0 Å². The van der Waals surface area contributed by atoms with Gasteiger partial charge in [0.1, 0.15) is 0 Å². The third kappa shape index (κ3) is 3.46. The fourth-order valence-corrected chi connectivity index (χ4v) is 2.76. The van der Waals surface area contributed by atoms with E-state index in [9.17, 15) is 9.59 Å². The van der Waals surface area contributed by atoms with E-state index in [-0.39, 0.29) is 11.8 Å². The lowest BCUT2D eigenvalue weighted by Gasteiger charge is -2.11. The van der Waals surface area contributed by atoms with Gasteiger partial charge in [-0.1, -0.05) is 48.5 Å². The first kappa shape index (κ1) is 17.3. The Bertz CT molecular complexity index is 856. The van der Waals surface area contributed by atoms with Crippen LogP contribution in [0.4, 0.5) is 0 Å². The Kier molecular flexibility index (Phi) is 5.07. The Balaban J connectivity index is 1.98. The molecule has 0 aromatic heterocycles. The highest BCUT2D eigenvalue weighted by molar-refractivity contribution is 5.95. The summed E-state index contributed by atoms with van der Waals surface area (Å²) in [6, 6.07) is 22.3. The molecule has 0 unspecified atom stereocenters. The minimum Gasteiger partial charge on any atom is -0.290 e. The molecule has 26 heavy (non-hydrogen) atoms. The molecule has 3 aromatic rings. The van der Waals surface area contributed by atoms with E-state index < -0.39 is 0 Å². The van der Waals surface area contributed by atoms with Gasteiger partial charge in [-0.2, -0.15) is 0 Å². The molecule has 0 fully saturated rings. The standard InChI is InChI=1S/C20H18N4O2/c21-23-19(25)15-9-5-13(6-10-15)17-3-1-2-4-18(17)14-7-11-16(12-8-14)20(26)24-22/h1-12H,21-22H2,(H,23,25)(H,24,26). The summed E-state index contributed by atoms with van der Waals surface area (Å²) >= 11 is 0. The quantitative estimate of drug-likeness (QED) is 0.330. The van der Waals surface area contributed by atoms with E-state index in [0.29, 0.717) is 11.1 Å². The number of amides is 2. The number of carbonyl (C=O) groups excluding carboxylic acids is 2. The Hall–Kier alpha value is -3.48. The highest BCUT2D eigenvalue weighted by Gasteiger charge is 2.10. The van der Waals surface area contributed by atoms with Crippen LogP contribution in [0.3, 0.4) is 0 Å². The first-order chi connectivity index (χ1) is 12.6. The first-order valence-electron chi connectivity index (χ1n) is 7.96. The highest BCUT2D eigenvalue weighted by atomic mass is 16.2. The maximum absolute atomic E-state index is 11.6. The van der Waals surface area contributed by atoms with E-state index >= 15 is 0 Å². The molecule has 3 rings (SSSR count). The largest absolute Gasteiger partial charge is 0.290 e. The zero-order valence-electron chi connectivity index (χ0n) is 13.9. The van der Waals surface area contributed by atoms with E-state index in [1.54, 1.807) is 24.3 Å². The second-order valence-electron chi connectivity index (χ2n) is 5.65. The van der Waals surface area contributed by atoms with Gasteiger partial charge in [0.25, 0.3) is 11.8 Å². The Morgan fingerprint density at radius 3 is 1.23 bits per heavy atom. The molecule has 0 aliphatic heterocycles. The van der Waals surface area contributed by atoms with Crippen LogP contribution >= 0.6 is 0 Å². The van der Waals surface area contributed by atoms with E-state index in [0.717, 1.165) is 22.3 Å². The van der Waals surface area contributed by atoms with Crippen LogP contribution in [-0.4, -0.2) is 11.8 Å². The Labute approximate surface area is 150 Å². The van der Waals surface area contributed by atoms with Gasteiger partial charge >= 0.3 is 0 Å². The molecule has 130 valence electrons. The smallest absolute Gasteiger partial charge is 0.265 e. The topological polar surface area (TPSA) is 110 Å². The number of hydrogen-bond acceptors (Lipinski definition) is 4. The summed E-state index contributed by atoms with van der Waals surface area (Å²) in [5.74, 6) is 9.65. The van der Waals surface area contributed by atoms with Crippen molar-refractivity contribution >= 4 is 11.8 Å². The fourth-order valence-electron chi connectivity index (χ4n) is 2.76. The monoisotopic (exact) mass is 346 g/mol. The number of nitrogens with two attached hydrogens (primary N) is 2. The molecule has 6 heteroatoms. The summed E-state index contributed by atoms with van der Waals surface area (Å²) in [6.45, 7) is 0. The van der Waals surface area contributed by atoms with Crippen molar-refractivity contribution in [1.82, 2.24) is 10.9 Å². The molecule has 0 spiro atoms. The third-order valence-electron chi connectivity index (χ3n) is 4.11. The molecular weight excluding hydrogens is 328 g/mol. The predicted octanol–water partition coefficient (Wildman–Crippen LogP) is 2.23. The lowest BCUT2D eigenvalue weighted by atomic mass is 9.93. The van der Waals surface area contributed by atoms with Gasteiger partial charge in [-0.15, -0.1) is 0 Å². The number of nitrogen functional groups attached to an aromatic ring is 2. The van der Waals surface area contributed by atoms with E-state index in [2.05, 4.69) is 10.9 Å². The van der Waals surface area contributed by atoms with Crippen molar-refractivity contribution in [2.24, 2.45) is 11.7 Å². The Morgan fingerprint density at radius 2 is 0.923 bits per heavy atom. The van der Waals surface area contributed by atoms with Gasteiger partial charge in [0.2, 0.25) is 0 Å². The molecule has 0 saturated heterocycles. The van der Waals surface area contributed by atoms with Crippen LogP contribution in [0.5, 0.6) is 0 Å². The normalized spacial score (nSPS) is 10.2. The number of nitrogens with one attached hydrogen (secondary N) is 2. The molecule has 0 aliphatic carbocycles. The summed E-state index contributed by atoms with van der Waals surface area (Å²) in [6.07, 6.45) is 0. The number of carbonyl (C=O) groups is 2. The molecule has 0 bridgehead atoms. The third-order valence-corrected chi connectivity index (χ3v) is 4.11. The number of rotatable bonds is 4.